The van der Waals surface area contributed by atoms with Crippen molar-refractivity contribution in [1.29, 1.82) is 5.26 Å². The third-order valence-electron chi connectivity index (χ3n) is 3.03. The zero-order valence-electron chi connectivity index (χ0n) is 12.7. The Kier molecular flexibility index (Phi) is 7.87. The Labute approximate surface area is 135 Å². The molecule has 0 aliphatic rings. The summed E-state index contributed by atoms with van der Waals surface area (Å²) in [6.45, 7) is 2.48. The fourth-order valence-electron chi connectivity index (χ4n) is 1.74. The van der Waals surface area contributed by atoms with Gasteiger partial charge < -0.3 is 15.4 Å². The molecule has 1 unspecified atom stereocenters. The lowest BCUT2D eigenvalue weighted by atomic mass is 10.1. The molecule has 1 rings (SSSR count). The van der Waals surface area contributed by atoms with Gasteiger partial charge in [0.2, 0.25) is 0 Å². The number of amides is 1. The number of halogens is 1. The molecule has 5 nitrogen and oxygen atoms in total. The monoisotopic (exact) mass is 321 g/mol. The lowest BCUT2D eigenvalue weighted by Gasteiger charge is -2.14. The largest absolute Gasteiger partial charge is 0.497 e. The Morgan fingerprint density at radius 2 is 2.14 bits per heavy atom. The van der Waals surface area contributed by atoms with E-state index in [0.717, 1.165) is 17.7 Å². The second kappa shape index (κ2) is 9.69. The van der Waals surface area contributed by atoms with E-state index < -0.39 is 5.91 Å². The summed E-state index contributed by atoms with van der Waals surface area (Å²) < 4.78 is 5.09. The summed E-state index contributed by atoms with van der Waals surface area (Å²) in [6.07, 6.45) is 2.18. The van der Waals surface area contributed by atoms with Gasteiger partial charge in [-0.1, -0.05) is 12.1 Å². The first-order chi connectivity index (χ1) is 10.6. The standard InChI is InChI=1S/C16H20ClN3O2/c1-12(13-4-6-15(22-2)7-5-13)20-16(21)14(10-18)11-19-9-3-8-17/h4-7,11-12,19H,3,8-9H2,1-2H3,(H,20,21)/b14-11-. The minimum Gasteiger partial charge on any atom is -0.497 e. The van der Waals surface area contributed by atoms with Gasteiger partial charge in [-0.05, 0) is 31.0 Å². The first kappa shape index (κ1) is 17.9. The zero-order valence-corrected chi connectivity index (χ0v) is 13.5. The predicted molar refractivity (Wildman–Crippen MR) is 86.6 cm³/mol. The van der Waals surface area contributed by atoms with Crippen LogP contribution >= 0.6 is 11.6 Å². The lowest BCUT2D eigenvalue weighted by Crippen LogP contribution is -2.28. The Balaban J connectivity index is 2.62. The maximum Gasteiger partial charge on any atom is 0.263 e. The molecule has 0 fully saturated rings. The molecule has 0 saturated heterocycles. The molecular formula is C16H20ClN3O2. The molecule has 0 radical (unpaired) electrons. The normalized spacial score (nSPS) is 12.2. The molecule has 0 heterocycles. The predicted octanol–water partition coefficient (Wildman–Crippen LogP) is 2.50. The first-order valence-electron chi connectivity index (χ1n) is 6.96. The molecule has 1 aromatic rings. The number of hydrogen-bond acceptors (Lipinski definition) is 4. The van der Waals surface area contributed by atoms with Crippen molar-refractivity contribution >= 4 is 17.5 Å². The van der Waals surface area contributed by atoms with Crippen LogP contribution < -0.4 is 15.4 Å². The Bertz CT molecular complexity index is 550. The molecule has 0 spiro atoms. The number of nitriles is 1. The zero-order chi connectivity index (χ0) is 16.4. The lowest BCUT2D eigenvalue weighted by molar-refractivity contribution is -0.117. The molecule has 1 aromatic carbocycles. The number of alkyl halides is 1. The molecule has 2 N–H and O–H groups in total. The van der Waals surface area contributed by atoms with Gasteiger partial charge >= 0.3 is 0 Å². The van der Waals surface area contributed by atoms with Gasteiger partial charge in [-0.15, -0.1) is 11.6 Å². The van der Waals surface area contributed by atoms with Crippen LogP contribution in [-0.2, 0) is 4.79 Å². The van der Waals surface area contributed by atoms with Crippen molar-refractivity contribution in [2.45, 2.75) is 19.4 Å². The summed E-state index contributed by atoms with van der Waals surface area (Å²) in [5.74, 6) is 0.872. The SMILES string of the molecule is COc1ccc(C(C)NC(=O)/C(C#N)=C\NCCCCl)cc1. The van der Waals surface area contributed by atoms with Crippen molar-refractivity contribution in [3.63, 3.8) is 0 Å². The minimum atomic E-state index is -0.413. The summed E-state index contributed by atoms with van der Waals surface area (Å²) in [5, 5.41) is 14.7. The summed E-state index contributed by atoms with van der Waals surface area (Å²) in [5.41, 5.74) is 0.969. The van der Waals surface area contributed by atoms with E-state index in [0.29, 0.717) is 12.4 Å². The van der Waals surface area contributed by atoms with Crippen LogP contribution in [0.25, 0.3) is 0 Å². The first-order valence-corrected chi connectivity index (χ1v) is 7.50. The van der Waals surface area contributed by atoms with Gasteiger partial charge in [0.25, 0.3) is 5.91 Å². The number of hydrogen-bond donors (Lipinski definition) is 2. The molecule has 118 valence electrons. The molecule has 1 amide bonds. The van der Waals surface area contributed by atoms with Crippen LogP contribution in [-0.4, -0.2) is 25.4 Å². The molecule has 0 aromatic heterocycles. The number of methoxy groups -OCH3 is 1. The number of rotatable bonds is 8. The number of nitrogens with zero attached hydrogens (tertiary/aromatic N) is 1. The fraction of sp³-hybridized carbons (Fsp3) is 0.375. The van der Waals surface area contributed by atoms with Crippen LogP contribution in [0.1, 0.15) is 24.9 Å². The van der Waals surface area contributed by atoms with Gasteiger partial charge in [-0.3, -0.25) is 4.79 Å². The number of carbonyl (C=O) groups excluding carboxylic acids is 1. The Morgan fingerprint density at radius 1 is 1.45 bits per heavy atom. The minimum absolute atomic E-state index is 0.0370. The highest BCUT2D eigenvalue weighted by Gasteiger charge is 2.13. The average Bonchev–Trinajstić information content (AvgIpc) is 2.54. The van der Waals surface area contributed by atoms with Crippen LogP contribution in [0.5, 0.6) is 5.75 Å². The quantitative estimate of drug-likeness (QED) is 0.334. The topological polar surface area (TPSA) is 74.1 Å². The van der Waals surface area contributed by atoms with E-state index in [-0.39, 0.29) is 11.6 Å². The van der Waals surface area contributed by atoms with Crippen LogP contribution in [0.4, 0.5) is 0 Å². The van der Waals surface area contributed by atoms with Crippen LogP contribution in [0.2, 0.25) is 0 Å². The van der Waals surface area contributed by atoms with E-state index in [1.165, 1.54) is 6.20 Å². The molecule has 6 heteroatoms. The Morgan fingerprint density at radius 3 is 2.68 bits per heavy atom. The van der Waals surface area contributed by atoms with Crippen molar-refractivity contribution in [3.8, 4) is 11.8 Å². The average molecular weight is 322 g/mol. The number of ether oxygens (including phenoxy) is 1. The van der Waals surface area contributed by atoms with Crippen LogP contribution in [0.15, 0.2) is 36.0 Å². The van der Waals surface area contributed by atoms with Gasteiger partial charge in [0.05, 0.1) is 13.2 Å². The summed E-state index contributed by atoms with van der Waals surface area (Å²) in [7, 11) is 1.60. The third kappa shape index (κ3) is 5.66. The number of nitrogens with one attached hydrogen (secondary N) is 2. The second-order valence-electron chi connectivity index (χ2n) is 4.63. The Hall–Kier alpha value is -2.19. The van der Waals surface area contributed by atoms with Crippen molar-refractivity contribution in [2.24, 2.45) is 0 Å². The van der Waals surface area contributed by atoms with Crippen molar-refractivity contribution in [3.05, 3.63) is 41.6 Å². The number of benzene rings is 1. The van der Waals surface area contributed by atoms with E-state index >= 15 is 0 Å². The highest BCUT2D eigenvalue weighted by molar-refractivity contribution is 6.17. The van der Waals surface area contributed by atoms with E-state index in [2.05, 4.69) is 10.6 Å². The highest BCUT2D eigenvalue weighted by Crippen LogP contribution is 2.17. The van der Waals surface area contributed by atoms with Crippen LogP contribution in [0, 0.1) is 11.3 Å². The second-order valence-corrected chi connectivity index (χ2v) is 5.01. The maximum atomic E-state index is 12.1. The maximum absolute atomic E-state index is 12.1. The van der Waals surface area contributed by atoms with Crippen molar-refractivity contribution in [1.82, 2.24) is 10.6 Å². The van der Waals surface area contributed by atoms with E-state index in [1.54, 1.807) is 7.11 Å². The van der Waals surface area contributed by atoms with E-state index in [9.17, 15) is 4.79 Å². The van der Waals surface area contributed by atoms with Crippen molar-refractivity contribution in [2.75, 3.05) is 19.5 Å². The molecule has 0 bridgehead atoms. The fourth-order valence-corrected chi connectivity index (χ4v) is 1.88. The van der Waals surface area contributed by atoms with E-state index in [4.69, 9.17) is 21.6 Å². The third-order valence-corrected chi connectivity index (χ3v) is 3.30. The smallest absolute Gasteiger partial charge is 0.263 e. The van der Waals surface area contributed by atoms with Crippen molar-refractivity contribution < 1.29 is 9.53 Å². The van der Waals surface area contributed by atoms with Gasteiger partial charge in [-0.2, -0.15) is 5.26 Å². The van der Waals surface area contributed by atoms with Gasteiger partial charge in [0, 0.05) is 18.6 Å². The molecule has 0 saturated carbocycles. The van der Waals surface area contributed by atoms with Gasteiger partial charge in [-0.25, -0.2) is 0 Å². The van der Waals surface area contributed by atoms with Crippen LogP contribution in [0.3, 0.4) is 0 Å². The molecule has 0 aliphatic carbocycles. The summed E-state index contributed by atoms with van der Waals surface area (Å²) in [4.78, 5) is 12.1. The summed E-state index contributed by atoms with van der Waals surface area (Å²) >= 11 is 5.56. The molecular weight excluding hydrogens is 302 g/mol. The highest BCUT2D eigenvalue weighted by atomic mass is 35.5. The molecule has 0 aliphatic heterocycles. The number of carbonyl (C=O) groups is 1. The van der Waals surface area contributed by atoms with Gasteiger partial charge in [0.15, 0.2) is 0 Å². The summed E-state index contributed by atoms with van der Waals surface area (Å²) in [6, 6.07) is 9.08. The molecule has 22 heavy (non-hydrogen) atoms. The van der Waals surface area contributed by atoms with Gasteiger partial charge in [0.1, 0.15) is 17.4 Å². The van der Waals surface area contributed by atoms with E-state index in [1.807, 2.05) is 37.3 Å². The molecule has 1 atom stereocenters.